The van der Waals surface area contributed by atoms with Gasteiger partial charge in [-0.1, -0.05) is 39.0 Å². The first kappa shape index (κ1) is 16.2. The SMILES string of the molecule is CNC(CC(C)(C)N)c1cc(C(C)(C)C)ccc1C. The molecular weight excluding hydrogens is 232 g/mol. The monoisotopic (exact) mass is 262 g/mol. The molecular formula is C17H30N2. The van der Waals surface area contributed by atoms with Crippen molar-refractivity contribution in [2.75, 3.05) is 7.05 Å². The first-order valence-electron chi connectivity index (χ1n) is 7.12. The molecule has 1 rings (SSSR count). The van der Waals surface area contributed by atoms with Gasteiger partial charge in [-0.2, -0.15) is 0 Å². The number of nitrogens with one attached hydrogen (secondary N) is 1. The molecule has 0 saturated carbocycles. The molecule has 1 unspecified atom stereocenters. The number of nitrogens with two attached hydrogens (primary N) is 1. The first-order chi connectivity index (χ1) is 8.54. The van der Waals surface area contributed by atoms with Gasteiger partial charge in [-0.3, -0.25) is 0 Å². The second-order valence-electron chi connectivity index (χ2n) is 7.36. The van der Waals surface area contributed by atoms with Gasteiger partial charge in [0.2, 0.25) is 0 Å². The Bertz CT molecular complexity index is 422. The molecule has 2 nitrogen and oxygen atoms in total. The van der Waals surface area contributed by atoms with Gasteiger partial charge in [0.05, 0.1) is 0 Å². The molecule has 0 spiro atoms. The van der Waals surface area contributed by atoms with Crippen molar-refractivity contribution in [3.63, 3.8) is 0 Å². The van der Waals surface area contributed by atoms with Crippen molar-refractivity contribution in [1.29, 1.82) is 0 Å². The normalized spacial score (nSPS) is 14.5. The van der Waals surface area contributed by atoms with Gasteiger partial charge in [0.1, 0.15) is 0 Å². The zero-order chi connectivity index (χ0) is 14.8. The van der Waals surface area contributed by atoms with E-state index in [-0.39, 0.29) is 11.0 Å². The van der Waals surface area contributed by atoms with Crippen molar-refractivity contribution < 1.29 is 0 Å². The maximum atomic E-state index is 6.18. The van der Waals surface area contributed by atoms with Crippen LogP contribution in [0.4, 0.5) is 0 Å². The van der Waals surface area contributed by atoms with Crippen molar-refractivity contribution in [1.82, 2.24) is 5.32 Å². The fourth-order valence-corrected chi connectivity index (χ4v) is 2.38. The minimum absolute atomic E-state index is 0.169. The average molecular weight is 262 g/mol. The molecule has 19 heavy (non-hydrogen) atoms. The fourth-order valence-electron chi connectivity index (χ4n) is 2.38. The van der Waals surface area contributed by atoms with Crippen LogP contribution >= 0.6 is 0 Å². The van der Waals surface area contributed by atoms with Gasteiger partial charge in [-0.15, -0.1) is 0 Å². The highest BCUT2D eigenvalue weighted by Gasteiger charge is 2.22. The van der Waals surface area contributed by atoms with Gasteiger partial charge in [0.15, 0.2) is 0 Å². The lowest BCUT2D eigenvalue weighted by molar-refractivity contribution is 0.394. The van der Waals surface area contributed by atoms with Gasteiger partial charge >= 0.3 is 0 Å². The smallest absolute Gasteiger partial charge is 0.0337 e. The minimum Gasteiger partial charge on any atom is -0.325 e. The number of hydrogen-bond acceptors (Lipinski definition) is 2. The Morgan fingerprint density at radius 3 is 2.16 bits per heavy atom. The topological polar surface area (TPSA) is 38.0 Å². The second kappa shape index (κ2) is 5.64. The fraction of sp³-hybridized carbons (Fsp3) is 0.647. The Morgan fingerprint density at radius 2 is 1.74 bits per heavy atom. The zero-order valence-corrected chi connectivity index (χ0v) is 13.6. The Morgan fingerprint density at radius 1 is 1.16 bits per heavy atom. The summed E-state index contributed by atoms with van der Waals surface area (Å²) in [6.45, 7) is 13.1. The van der Waals surface area contributed by atoms with Gasteiger partial charge in [0.25, 0.3) is 0 Å². The third kappa shape index (κ3) is 4.63. The lowest BCUT2D eigenvalue weighted by Gasteiger charge is -2.29. The van der Waals surface area contributed by atoms with E-state index in [0.717, 1.165) is 6.42 Å². The van der Waals surface area contributed by atoms with Gasteiger partial charge in [0, 0.05) is 11.6 Å². The summed E-state index contributed by atoms with van der Waals surface area (Å²) in [6, 6.07) is 7.10. The van der Waals surface area contributed by atoms with Crippen molar-refractivity contribution in [3.8, 4) is 0 Å². The van der Waals surface area contributed by atoms with Crippen LogP contribution in [-0.4, -0.2) is 12.6 Å². The molecule has 0 aliphatic rings. The summed E-state index contributed by atoms with van der Waals surface area (Å²) in [5.74, 6) is 0. The lowest BCUT2D eigenvalue weighted by atomic mass is 9.82. The predicted octanol–water partition coefficient (Wildman–Crippen LogP) is 3.68. The van der Waals surface area contributed by atoms with Crippen LogP contribution in [0.25, 0.3) is 0 Å². The van der Waals surface area contributed by atoms with E-state index in [1.807, 2.05) is 7.05 Å². The largest absolute Gasteiger partial charge is 0.325 e. The number of benzene rings is 1. The molecule has 1 aromatic rings. The average Bonchev–Trinajstić information content (AvgIpc) is 2.24. The van der Waals surface area contributed by atoms with E-state index in [1.54, 1.807) is 0 Å². The Hall–Kier alpha value is -0.860. The van der Waals surface area contributed by atoms with E-state index in [2.05, 4.69) is 65.1 Å². The highest BCUT2D eigenvalue weighted by Crippen LogP contribution is 2.30. The van der Waals surface area contributed by atoms with Crippen molar-refractivity contribution in [2.24, 2.45) is 5.73 Å². The van der Waals surface area contributed by atoms with Crippen molar-refractivity contribution in [2.45, 2.75) is 65.0 Å². The molecule has 1 aromatic carbocycles. The summed E-state index contributed by atoms with van der Waals surface area (Å²) >= 11 is 0. The van der Waals surface area contributed by atoms with E-state index in [4.69, 9.17) is 5.73 Å². The van der Waals surface area contributed by atoms with Gasteiger partial charge in [-0.25, -0.2) is 0 Å². The second-order valence-corrected chi connectivity index (χ2v) is 7.36. The maximum Gasteiger partial charge on any atom is 0.0337 e. The van der Waals surface area contributed by atoms with E-state index in [9.17, 15) is 0 Å². The Balaban J connectivity index is 3.16. The van der Waals surface area contributed by atoms with Crippen LogP contribution in [0.2, 0.25) is 0 Å². The summed E-state index contributed by atoms with van der Waals surface area (Å²) in [4.78, 5) is 0. The quantitative estimate of drug-likeness (QED) is 0.868. The summed E-state index contributed by atoms with van der Waals surface area (Å²) in [5, 5.41) is 3.41. The maximum absolute atomic E-state index is 6.18. The molecule has 0 fully saturated rings. The van der Waals surface area contributed by atoms with Crippen LogP contribution < -0.4 is 11.1 Å². The molecule has 0 saturated heterocycles. The van der Waals surface area contributed by atoms with E-state index < -0.39 is 0 Å². The molecule has 0 aliphatic heterocycles. The van der Waals surface area contributed by atoms with Crippen LogP contribution in [0.15, 0.2) is 18.2 Å². The van der Waals surface area contributed by atoms with Gasteiger partial charge in [-0.05, 0) is 56.3 Å². The minimum atomic E-state index is -0.169. The predicted molar refractivity (Wildman–Crippen MR) is 84.6 cm³/mol. The Labute approximate surface area is 118 Å². The molecule has 108 valence electrons. The first-order valence-corrected chi connectivity index (χ1v) is 7.12. The number of rotatable bonds is 4. The number of aryl methyl sites for hydroxylation is 1. The van der Waals surface area contributed by atoms with E-state index >= 15 is 0 Å². The number of hydrogen-bond donors (Lipinski definition) is 2. The molecule has 3 N–H and O–H groups in total. The van der Waals surface area contributed by atoms with E-state index in [0.29, 0.717) is 6.04 Å². The lowest BCUT2D eigenvalue weighted by Crippen LogP contribution is -2.37. The summed E-state index contributed by atoms with van der Waals surface area (Å²) in [6.07, 6.45) is 0.929. The molecule has 2 heteroatoms. The van der Waals surface area contributed by atoms with Crippen LogP contribution in [0, 0.1) is 6.92 Å². The van der Waals surface area contributed by atoms with Crippen molar-refractivity contribution in [3.05, 3.63) is 34.9 Å². The molecule has 0 amide bonds. The summed E-state index contributed by atoms with van der Waals surface area (Å²) < 4.78 is 0. The summed E-state index contributed by atoms with van der Waals surface area (Å²) in [7, 11) is 2.01. The summed E-state index contributed by atoms with van der Waals surface area (Å²) in [5.41, 5.74) is 10.3. The zero-order valence-electron chi connectivity index (χ0n) is 13.6. The molecule has 0 aliphatic carbocycles. The Kier molecular flexibility index (Phi) is 4.81. The molecule has 1 atom stereocenters. The molecule has 0 heterocycles. The third-order valence-corrected chi connectivity index (χ3v) is 3.60. The molecule has 0 radical (unpaired) electrons. The molecule has 0 bridgehead atoms. The van der Waals surface area contributed by atoms with Crippen LogP contribution in [0.3, 0.4) is 0 Å². The third-order valence-electron chi connectivity index (χ3n) is 3.60. The van der Waals surface area contributed by atoms with Crippen LogP contribution in [-0.2, 0) is 5.41 Å². The van der Waals surface area contributed by atoms with Crippen LogP contribution in [0.1, 0.15) is 63.8 Å². The van der Waals surface area contributed by atoms with Crippen molar-refractivity contribution >= 4 is 0 Å². The van der Waals surface area contributed by atoms with Gasteiger partial charge < -0.3 is 11.1 Å². The molecule has 0 aromatic heterocycles. The van der Waals surface area contributed by atoms with Crippen LogP contribution in [0.5, 0.6) is 0 Å². The highest BCUT2D eigenvalue weighted by molar-refractivity contribution is 5.36. The van der Waals surface area contributed by atoms with E-state index in [1.165, 1.54) is 16.7 Å². The highest BCUT2D eigenvalue weighted by atomic mass is 14.9. The standard InChI is InChI=1S/C17H30N2/c1-12-8-9-13(16(2,3)4)10-14(12)15(19-7)11-17(5,6)18/h8-10,15,19H,11,18H2,1-7H3.